The van der Waals surface area contributed by atoms with Crippen LogP contribution in [0.25, 0.3) is 0 Å². The fraction of sp³-hybridized carbons (Fsp3) is 0.412. The van der Waals surface area contributed by atoms with Crippen molar-refractivity contribution in [1.82, 2.24) is 4.98 Å². The van der Waals surface area contributed by atoms with Gasteiger partial charge in [0.25, 0.3) is 5.91 Å². The Morgan fingerprint density at radius 1 is 1.43 bits per heavy atom. The Morgan fingerprint density at radius 2 is 2.30 bits per heavy atom. The van der Waals surface area contributed by atoms with Crippen molar-refractivity contribution in [2.24, 2.45) is 5.92 Å². The summed E-state index contributed by atoms with van der Waals surface area (Å²) in [6, 6.07) is 5.44. The number of halogens is 1. The van der Waals surface area contributed by atoms with Crippen LogP contribution in [0.4, 0.5) is 5.13 Å². The summed E-state index contributed by atoms with van der Waals surface area (Å²) in [4.78, 5) is 18.3. The lowest BCUT2D eigenvalue weighted by molar-refractivity contribution is -0.122. The predicted octanol–water partition coefficient (Wildman–Crippen LogP) is 3.86. The van der Waals surface area contributed by atoms with Crippen LogP contribution in [0, 0.1) is 5.92 Å². The van der Waals surface area contributed by atoms with Gasteiger partial charge in [0, 0.05) is 16.3 Å². The molecule has 1 aliphatic heterocycles. The molecule has 1 N–H and O–H groups in total. The van der Waals surface area contributed by atoms with Crippen molar-refractivity contribution in [2.45, 2.75) is 38.7 Å². The third kappa shape index (κ3) is 2.95. The fourth-order valence-electron chi connectivity index (χ4n) is 3.14. The van der Waals surface area contributed by atoms with Gasteiger partial charge in [-0.25, -0.2) is 4.98 Å². The van der Waals surface area contributed by atoms with Gasteiger partial charge >= 0.3 is 0 Å². The van der Waals surface area contributed by atoms with Gasteiger partial charge in [-0.3, -0.25) is 10.1 Å². The van der Waals surface area contributed by atoms with Gasteiger partial charge in [-0.1, -0.05) is 18.5 Å². The molecule has 2 atom stereocenters. The summed E-state index contributed by atoms with van der Waals surface area (Å²) in [6.07, 6.45) is 3.28. The van der Waals surface area contributed by atoms with E-state index in [1.54, 1.807) is 17.4 Å². The molecule has 1 aromatic carbocycles. The molecule has 0 spiro atoms. The van der Waals surface area contributed by atoms with Gasteiger partial charge in [0.05, 0.1) is 5.69 Å². The summed E-state index contributed by atoms with van der Waals surface area (Å²) in [7, 11) is 0. The van der Waals surface area contributed by atoms with Gasteiger partial charge in [-0.05, 0) is 48.9 Å². The van der Waals surface area contributed by atoms with Crippen LogP contribution in [-0.2, 0) is 24.1 Å². The number of amides is 1. The van der Waals surface area contributed by atoms with Gasteiger partial charge in [-0.15, -0.1) is 11.3 Å². The van der Waals surface area contributed by atoms with Gasteiger partial charge in [0.2, 0.25) is 0 Å². The summed E-state index contributed by atoms with van der Waals surface area (Å²) in [5.41, 5.74) is 2.12. The maximum Gasteiger partial charge on any atom is 0.267 e. The Labute approximate surface area is 143 Å². The Hall–Kier alpha value is -1.59. The first-order chi connectivity index (χ1) is 11.1. The van der Waals surface area contributed by atoms with Crippen LogP contribution in [0.1, 0.15) is 29.5 Å². The normalized spacial score (nSPS) is 22.2. The van der Waals surface area contributed by atoms with E-state index in [4.69, 9.17) is 16.3 Å². The van der Waals surface area contributed by atoms with E-state index in [-0.39, 0.29) is 5.91 Å². The highest BCUT2D eigenvalue weighted by atomic mass is 35.5. The lowest BCUT2D eigenvalue weighted by Gasteiger charge is -2.15. The molecule has 2 aliphatic rings. The molecule has 0 fully saturated rings. The van der Waals surface area contributed by atoms with E-state index in [0.29, 0.717) is 22.5 Å². The number of hydrogen-bond donors (Lipinski definition) is 1. The van der Waals surface area contributed by atoms with Crippen LogP contribution in [0.5, 0.6) is 5.75 Å². The van der Waals surface area contributed by atoms with Crippen molar-refractivity contribution in [3.63, 3.8) is 0 Å². The van der Waals surface area contributed by atoms with E-state index >= 15 is 0 Å². The molecule has 1 amide bonds. The molecule has 0 radical (unpaired) electrons. The largest absolute Gasteiger partial charge is 0.480 e. The average molecular weight is 349 g/mol. The Morgan fingerprint density at radius 3 is 3.17 bits per heavy atom. The quantitative estimate of drug-likeness (QED) is 0.896. The van der Waals surface area contributed by atoms with E-state index in [1.165, 1.54) is 11.3 Å². The number of aromatic nitrogens is 1. The number of thiazole rings is 1. The number of carbonyl (C=O) groups is 1. The van der Waals surface area contributed by atoms with Gasteiger partial charge in [0.1, 0.15) is 5.75 Å². The predicted molar refractivity (Wildman–Crippen MR) is 91.5 cm³/mol. The number of hydrogen-bond acceptors (Lipinski definition) is 4. The van der Waals surface area contributed by atoms with E-state index in [2.05, 4.69) is 17.2 Å². The molecule has 0 saturated carbocycles. The van der Waals surface area contributed by atoms with E-state index in [9.17, 15) is 4.79 Å². The lowest BCUT2D eigenvalue weighted by Crippen LogP contribution is -2.31. The molecule has 4 rings (SSSR count). The molecule has 2 heterocycles. The number of ether oxygens (including phenoxy) is 1. The van der Waals surface area contributed by atoms with Crippen LogP contribution in [0.15, 0.2) is 18.2 Å². The van der Waals surface area contributed by atoms with Gasteiger partial charge in [-0.2, -0.15) is 0 Å². The molecule has 1 aromatic heterocycles. The second kappa shape index (κ2) is 5.80. The number of nitrogens with one attached hydrogen (secondary N) is 1. The summed E-state index contributed by atoms with van der Waals surface area (Å²) >= 11 is 7.58. The highest BCUT2D eigenvalue weighted by Gasteiger charge is 2.30. The maximum atomic E-state index is 12.4. The average Bonchev–Trinajstić information content (AvgIpc) is 3.09. The first-order valence-electron chi connectivity index (χ1n) is 7.83. The van der Waals surface area contributed by atoms with Gasteiger partial charge < -0.3 is 4.74 Å². The molecular formula is C17H17ClN2O2S. The maximum absolute atomic E-state index is 12.4. The molecular weight excluding hydrogens is 332 g/mol. The topological polar surface area (TPSA) is 51.2 Å². The van der Waals surface area contributed by atoms with Crippen LogP contribution in [0.2, 0.25) is 5.02 Å². The molecule has 120 valence electrons. The molecule has 0 saturated heterocycles. The van der Waals surface area contributed by atoms with Crippen molar-refractivity contribution in [1.29, 1.82) is 0 Å². The zero-order chi connectivity index (χ0) is 16.0. The van der Waals surface area contributed by atoms with Crippen molar-refractivity contribution in [3.8, 4) is 5.75 Å². The van der Waals surface area contributed by atoms with Gasteiger partial charge in [0.15, 0.2) is 11.2 Å². The van der Waals surface area contributed by atoms with E-state index in [0.717, 1.165) is 29.8 Å². The summed E-state index contributed by atoms with van der Waals surface area (Å²) in [5.74, 6) is 1.29. The number of carbonyl (C=O) groups excluding carboxylic acids is 1. The number of nitrogens with zero attached hydrogens (tertiary/aromatic N) is 1. The second-order valence-corrected chi connectivity index (χ2v) is 7.81. The SMILES string of the molecule is C[C@H]1CCc2nc(NC(=O)[C@@H]3Cc4cc(Cl)ccc4O3)sc2C1. The summed E-state index contributed by atoms with van der Waals surface area (Å²) in [5, 5.41) is 4.26. The molecule has 0 bridgehead atoms. The minimum Gasteiger partial charge on any atom is -0.480 e. The number of rotatable bonds is 2. The van der Waals surface area contributed by atoms with Crippen LogP contribution >= 0.6 is 22.9 Å². The number of fused-ring (bicyclic) bond motifs is 2. The Bertz CT molecular complexity index is 774. The zero-order valence-electron chi connectivity index (χ0n) is 12.8. The lowest BCUT2D eigenvalue weighted by atomic mass is 9.93. The fourth-order valence-corrected chi connectivity index (χ4v) is 4.51. The number of anilines is 1. The van der Waals surface area contributed by atoms with E-state index < -0.39 is 6.10 Å². The van der Waals surface area contributed by atoms with E-state index in [1.807, 2.05) is 12.1 Å². The first-order valence-corrected chi connectivity index (χ1v) is 9.02. The molecule has 1 aliphatic carbocycles. The Balaban J connectivity index is 1.45. The minimum absolute atomic E-state index is 0.142. The van der Waals surface area contributed by atoms with Crippen LogP contribution in [0.3, 0.4) is 0 Å². The third-order valence-corrected chi connectivity index (χ3v) is 5.68. The van der Waals surface area contributed by atoms with Crippen molar-refractivity contribution >= 4 is 34.0 Å². The number of aryl methyl sites for hydroxylation is 1. The molecule has 2 aromatic rings. The smallest absolute Gasteiger partial charge is 0.267 e. The van der Waals surface area contributed by atoms with Crippen molar-refractivity contribution in [2.75, 3.05) is 5.32 Å². The zero-order valence-corrected chi connectivity index (χ0v) is 14.3. The Kier molecular flexibility index (Phi) is 3.77. The minimum atomic E-state index is -0.511. The summed E-state index contributed by atoms with van der Waals surface area (Å²) < 4.78 is 5.72. The monoisotopic (exact) mass is 348 g/mol. The molecule has 23 heavy (non-hydrogen) atoms. The van der Waals surface area contributed by atoms with Crippen molar-refractivity contribution < 1.29 is 9.53 Å². The highest BCUT2D eigenvalue weighted by Crippen LogP contribution is 2.34. The first kappa shape index (κ1) is 15.0. The van der Waals surface area contributed by atoms with Crippen LogP contribution in [-0.4, -0.2) is 17.0 Å². The second-order valence-electron chi connectivity index (χ2n) is 6.29. The van der Waals surface area contributed by atoms with Crippen LogP contribution < -0.4 is 10.1 Å². The van der Waals surface area contributed by atoms with Crippen molar-refractivity contribution in [3.05, 3.63) is 39.4 Å². The third-order valence-electron chi connectivity index (χ3n) is 4.41. The summed E-state index contributed by atoms with van der Waals surface area (Å²) in [6.45, 7) is 2.26. The molecule has 6 heteroatoms. The molecule has 4 nitrogen and oxygen atoms in total. The number of benzene rings is 1. The molecule has 0 unspecified atom stereocenters. The highest BCUT2D eigenvalue weighted by molar-refractivity contribution is 7.15. The standard InChI is InChI=1S/C17H17ClN2O2S/c1-9-2-4-12-15(6-9)23-17(19-12)20-16(21)14-8-10-7-11(18)3-5-13(10)22-14/h3,5,7,9,14H,2,4,6,8H2,1H3,(H,19,20,21)/t9-,14-/m0/s1.